The molecule has 0 spiro atoms. The van der Waals surface area contributed by atoms with Gasteiger partial charge >= 0.3 is 18.3 Å². The minimum atomic E-state index is -5.09. The zero-order valence-electron chi connectivity index (χ0n) is 11.8. The molecular formula is C12H15F6NO3. The highest BCUT2D eigenvalue weighted by atomic mass is 19.4. The summed E-state index contributed by atoms with van der Waals surface area (Å²) in [7, 11) is 0. The molecule has 1 aliphatic rings. The lowest BCUT2D eigenvalue weighted by Gasteiger charge is -2.30. The van der Waals surface area contributed by atoms with Gasteiger partial charge < -0.3 is 10.0 Å². The summed E-state index contributed by atoms with van der Waals surface area (Å²) in [5.74, 6) is -3.28. The highest BCUT2D eigenvalue weighted by Gasteiger charge is 2.64. The molecule has 1 N–H and O–H groups in total. The molecule has 1 aliphatic heterocycles. The van der Waals surface area contributed by atoms with Crippen LogP contribution >= 0.6 is 0 Å². The minimum Gasteiger partial charge on any atom is -0.481 e. The number of likely N-dealkylation sites (tertiary alicyclic amines) is 1. The lowest BCUT2D eigenvalue weighted by Crippen LogP contribution is -2.48. The van der Waals surface area contributed by atoms with Crippen LogP contribution in [0.4, 0.5) is 26.3 Å². The first-order valence-electron chi connectivity index (χ1n) is 6.29. The number of hydrogen-bond acceptors (Lipinski definition) is 2. The van der Waals surface area contributed by atoms with Gasteiger partial charge in [0.15, 0.2) is 5.41 Å². The second kappa shape index (κ2) is 5.31. The zero-order valence-corrected chi connectivity index (χ0v) is 11.8. The fraction of sp³-hybridized carbons (Fsp3) is 0.833. The van der Waals surface area contributed by atoms with Crippen LogP contribution in [0.1, 0.15) is 26.7 Å². The van der Waals surface area contributed by atoms with E-state index in [-0.39, 0.29) is 0 Å². The van der Waals surface area contributed by atoms with Crippen LogP contribution in [0.2, 0.25) is 0 Å². The topological polar surface area (TPSA) is 57.6 Å². The van der Waals surface area contributed by atoms with Gasteiger partial charge in [0, 0.05) is 19.5 Å². The lowest BCUT2D eigenvalue weighted by molar-refractivity contribution is -0.228. The number of carboxylic acids is 1. The monoisotopic (exact) mass is 335 g/mol. The molecule has 1 rings (SSSR count). The number of carbonyl (C=O) groups is 2. The number of carbonyl (C=O) groups excluding carboxylic acids is 1. The van der Waals surface area contributed by atoms with Gasteiger partial charge in [-0.2, -0.15) is 26.3 Å². The first kappa shape index (κ1) is 18.6. The van der Waals surface area contributed by atoms with Gasteiger partial charge in [0.1, 0.15) is 0 Å². The van der Waals surface area contributed by atoms with Crippen molar-refractivity contribution in [3.63, 3.8) is 0 Å². The number of carboxylic acid groups (broad SMARTS) is 1. The van der Waals surface area contributed by atoms with Gasteiger partial charge in [0.25, 0.3) is 0 Å². The second-order valence-corrected chi connectivity index (χ2v) is 6.01. The number of aliphatic carboxylic acids is 1. The summed E-state index contributed by atoms with van der Waals surface area (Å²) in [5, 5.41) is 8.82. The van der Waals surface area contributed by atoms with Crippen LogP contribution < -0.4 is 0 Å². The van der Waals surface area contributed by atoms with E-state index in [1.165, 1.54) is 0 Å². The minimum absolute atomic E-state index is 0.537. The van der Waals surface area contributed by atoms with Crippen LogP contribution in [-0.4, -0.2) is 47.3 Å². The molecule has 10 heteroatoms. The number of hydrogen-bond donors (Lipinski definition) is 1. The van der Waals surface area contributed by atoms with Crippen LogP contribution in [0.5, 0.6) is 0 Å². The number of rotatable bonds is 3. The Morgan fingerprint density at radius 1 is 1.14 bits per heavy atom. The Bertz CT molecular complexity index is 470. The van der Waals surface area contributed by atoms with E-state index in [0.717, 1.165) is 13.8 Å². The number of alkyl halides is 6. The maximum atomic E-state index is 12.9. The van der Waals surface area contributed by atoms with Crippen molar-refractivity contribution < 1.29 is 41.0 Å². The van der Waals surface area contributed by atoms with Crippen molar-refractivity contribution in [3.05, 3.63) is 0 Å². The average Bonchev–Trinajstić information content (AvgIpc) is 2.71. The summed E-state index contributed by atoms with van der Waals surface area (Å²) in [5.41, 5.74) is -5.53. The van der Waals surface area contributed by atoms with E-state index in [4.69, 9.17) is 5.11 Å². The van der Waals surface area contributed by atoms with E-state index in [1.807, 2.05) is 0 Å². The maximum absolute atomic E-state index is 12.9. The predicted molar refractivity (Wildman–Crippen MR) is 61.8 cm³/mol. The van der Waals surface area contributed by atoms with Crippen molar-refractivity contribution in [1.29, 1.82) is 0 Å². The van der Waals surface area contributed by atoms with Crippen LogP contribution in [0.3, 0.4) is 0 Å². The third kappa shape index (κ3) is 3.14. The van der Waals surface area contributed by atoms with E-state index in [9.17, 15) is 35.9 Å². The Balaban J connectivity index is 2.91. The number of halogens is 6. The van der Waals surface area contributed by atoms with E-state index in [1.54, 1.807) is 0 Å². The molecule has 1 unspecified atom stereocenters. The Kier molecular flexibility index (Phi) is 4.48. The van der Waals surface area contributed by atoms with Gasteiger partial charge in [0.05, 0.1) is 5.41 Å². The highest BCUT2D eigenvalue weighted by molar-refractivity contribution is 5.81. The second-order valence-electron chi connectivity index (χ2n) is 6.01. The smallest absolute Gasteiger partial charge is 0.406 e. The van der Waals surface area contributed by atoms with Crippen LogP contribution in [-0.2, 0) is 9.59 Å². The van der Waals surface area contributed by atoms with Crippen LogP contribution in [0.15, 0.2) is 0 Å². The molecule has 22 heavy (non-hydrogen) atoms. The highest BCUT2D eigenvalue weighted by Crippen LogP contribution is 2.47. The lowest BCUT2D eigenvalue weighted by atomic mass is 9.86. The zero-order chi connectivity index (χ0) is 17.6. The van der Waals surface area contributed by atoms with Crippen molar-refractivity contribution in [2.75, 3.05) is 13.1 Å². The largest absolute Gasteiger partial charge is 0.481 e. The van der Waals surface area contributed by atoms with E-state index in [0.29, 0.717) is 4.90 Å². The molecule has 0 aromatic heterocycles. The Hall–Kier alpha value is -1.48. The first-order valence-corrected chi connectivity index (χ1v) is 6.29. The normalized spacial score (nSPS) is 23.7. The summed E-state index contributed by atoms with van der Waals surface area (Å²) in [6, 6.07) is 0. The molecule has 0 aromatic carbocycles. The molecule has 1 saturated heterocycles. The van der Waals surface area contributed by atoms with Crippen LogP contribution in [0, 0.1) is 10.8 Å². The van der Waals surface area contributed by atoms with Gasteiger partial charge in [0.2, 0.25) is 5.91 Å². The third-order valence-electron chi connectivity index (χ3n) is 3.93. The molecule has 0 aromatic rings. The van der Waals surface area contributed by atoms with Crippen molar-refractivity contribution in [2.45, 2.75) is 39.0 Å². The quantitative estimate of drug-likeness (QED) is 0.807. The molecule has 1 amide bonds. The van der Waals surface area contributed by atoms with Gasteiger partial charge in [-0.1, -0.05) is 13.8 Å². The Labute approximate surface area is 122 Å². The van der Waals surface area contributed by atoms with Crippen molar-refractivity contribution >= 4 is 11.9 Å². The summed E-state index contributed by atoms with van der Waals surface area (Å²) in [4.78, 5) is 23.3. The molecule has 0 bridgehead atoms. The van der Waals surface area contributed by atoms with Gasteiger partial charge in [-0.3, -0.25) is 9.59 Å². The fourth-order valence-corrected chi connectivity index (χ4v) is 2.14. The Morgan fingerprint density at radius 2 is 1.64 bits per heavy atom. The molecule has 4 nitrogen and oxygen atoms in total. The third-order valence-corrected chi connectivity index (χ3v) is 3.93. The molecule has 1 fully saturated rings. The fourth-order valence-electron chi connectivity index (χ4n) is 2.14. The first-order chi connectivity index (χ1) is 9.64. The number of nitrogens with zero attached hydrogens (tertiary/aromatic N) is 1. The summed E-state index contributed by atoms with van der Waals surface area (Å²) < 4.78 is 76.9. The van der Waals surface area contributed by atoms with Gasteiger partial charge in [-0.25, -0.2) is 0 Å². The molecule has 0 aliphatic carbocycles. The number of amides is 1. The van der Waals surface area contributed by atoms with Crippen LogP contribution in [0.25, 0.3) is 0 Å². The Morgan fingerprint density at radius 3 is 1.95 bits per heavy atom. The molecule has 1 heterocycles. The van der Waals surface area contributed by atoms with Gasteiger partial charge in [-0.15, -0.1) is 0 Å². The van der Waals surface area contributed by atoms with E-state index >= 15 is 0 Å². The van der Waals surface area contributed by atoms with Crippen molar-refractivity contribution in [1.82, 2.24) is 4.90 Å². The SMILES string of the molecule is CC(C)(CC(=O)N1CCC(C(=O)O)(C(F)(F)F)C1)C(F)(F)F. The predicted octanol–water partition coefficient (Wildman–Crippen LogP) is 2.83. The van der Waals surface area contributed by atoms with Crippen molar-refractivity contribution in [3.8, 4) is 0 Å². The molecule has 128 valence electrons. The maximum Gasteiger partial charge on any atom is 0.406 e. The summed E-state index contributed by atoms with van der Waals surface area (Å²) in [6.07, 6.45) is -11.7. The van der Waals surface area contributed by atoms with E-state index in [2.05, 4.69) is 0 Å². The standard InChI is InChI=1S/C12H15F6NO3/c1-9(2,11(13,14)15)5-7(20)19-4-3-10(6-19,8(21)22)12(16,17)18/h3-6H2,1-2H3,(H,21,22). The van der Waals surface area contributed by atoms with Gasteiger partial charge in [-0.05, 0) is 6.42 Å². The molecular weight excluding hydrogens is 320 g/mol. The van der Waals surface area contributed by atoms with Crippen molar-refractivity contribution in [2.24, 2.45) is 10.8 Å². The summed E-state index contributed by atoms with van der Waals surface area (Å²) >= 11 is 0. The average molecular weight is 335 g/mol. The molecule has 1 atom stereocenters. The summed E-state index contributed by atoms with van der Waals surface area (Å²) in [6.45, 7) is -0.193. The molecule has 0 radical (unpaired) electrons. The molecule has 0 saturated carbocycles. The van der Waals surface area contributed by atoms with E-state index < -0.39 is 61.0 Å².